The Balaban J connectivity index is 1.30. The quantitative estimate of drug-likeness (QED) is 0.461. The molecule has 1 amide bonds. The van der Waals surface area contributed by atoms with E-state index in [9.17, 15) is 4.79 Å². The Labute approximate surface area is 173 Å². The van der Waals surface area contributed by atoms with Crippen molar-refractivity contribution in [3.8, 4) is 0 Å². The van der Waals surface area contributed by atoms with Crippen LogP contribution in [-0.2, 0) is 16.1 Å². The topological polar surface area (TPSA) is 80.5 Å². The van der Waals surface area contributed by atoms with Gasteiger partial charge in [0, 0.05) is 30.1 Å². The third-order valence-corrected chi connectivity index (χ3v) is 6.10. The van der Waals surface area contributed by atoms with Gasteiger partial charge in [0.05, 0.1) is 29.1 Å². The molecule has 3 heterocycles. The van der Waals surface area contributed by atoms with Gasteiger partial charge in [-0.05, 0) is 44.9 Å². The number of carbonyl (C=O) groups excluding carboxylic acids is 1. The normalized spacial score (nSPS) is 16.7. The minimum Gasteiger partial charge on any atom is -0.376 e. The summed E-state index contributed by atoms with van der Waals surface area (Å²) < 4.78 is 9.10. The number of ether oxygens (including phenoxy) is 1. The van der Waals surface area contributed by atoms with Crippen molar-refractivity contribution in [2.24, 2.45) is 5.10 Å². The lowest BCUT2D eigenvalue weighted by atomic mass is 10.2. The maximum absolute atomic E-state index is 12.1. The Morgan fingerprint density at radius 2 is 2.28 bits per heavy atom. The summed E-state index contributed by atoms with van der Waals surface area (Å²) in [5.41, 5.74) is 6.80. The van der Waals surface area contributed by atoms with E-state index >= 15 is 0 Å². The van der Waals surface area contributed by atoms with Gasteiger partial charge in [-0.1, -0.05) is 23.5 Å². The van der Waals surface area contributed by atoms with Crippen molar-refractivity contribution in [3.05, 3.63) is 47.3 Å². The lowest BCUT2D eigenvalue weighted by Gasteiger charge is -2.14. The molecule has 0 spiro atoms. The molecule has 1 fully saturated rings. The van der Waals surface area contributed by atoms with Gasteiger partial charge < -0.3 is 14.6 Å². The molecule has 7 nitrogen and oxygen atoms in total. The van der Waals surface area contributed by atoms with Crippen LogP contribution in [-0.4, -0.2) is 40.9 Å². The van der Waals surface area contributed by atoms with Crippen LogP contribution >= 0.6 is 11.3 Å². The standard InChI is InChI=1S/C21H25N5O2S/c1-14-10-16(15(2)26(14)13-17-6-5-9-28-17)11-23-25-20(27)12-22-21-24-18-7-3-4-8-19(18)29-21/h3-4,7-8,10-11,17H,5-6,9,12-13H2,1-2H3,(H,22,24)(H,25,27)/b23-11-/t17-/m1/s1. The molecule has 2 aromatic heterocycles. The zero-order valence-electron chi connectivity index (χ0n) is 16.6. The van der Waals surface area contributed by atoms with Crippen LogP contribution in [0, 0.1) is 13.8 Å². The smallest absolute Gasteiger partial charge is 0.259 e. The summed E-state index contributed by atoms with van der Waals surface area (Å²) in [7, 11) is 0. The van der Waals surface area contributed by atoms with Gasteiger partial charge in [-0.15, -0.1) is 0 Å². The van der Waals surface area contributed by atoms with Crippen molar-refractivity contribution in [2.45, 2.75) is 39.3 Å². The van der Waals surface area contributed by atoms with Gasteiger partial charge in [0.15, 0.2) is 5.13 Å². The van der Waals surface area contributed by atoms with E-state index in [4.69, 9.17) is 4.74 Å². The van der Waals surface area contributed by atoms with Crippen molar-refractivity contribution in [2.75, 3.05) is 18.5 Å². The number of para-hydroxylation sites is 1. The summed E-state index contributed by atoms with van der Waals surface area (Å²) in [6.45, 7) is 5.99. The predicted molar refractivity (Wildman–Crippen MR) is 117 cm³/mol. The summed E-state index contributed by atoms with van der Waals surface area (Å²) in [5, 5.41) is 7.89. The molecular weight excluding hydrogens is 386 g/mol. The Morgan fingerprint density at radius 1 is 1.41 bits per heavy atom. The molecule has 0 radical (unpaired) electrons. The number of amides is 1. The highest BCUT2D eigenvalue weighted by molar-refractivity contribution is 7.22. The highest BCUT2D eigenvalue weighted by Crippen LogP contribution is 2.25. The molecule has 1 aliphatic rings. The Morgan fingerprint density at radius 3 is 3.07 bits per heavy atom. The molecule has 8 heteroatoms. The molecule has 1 atom stereocenters. The number of hydrogen-bond donors (Lipinski definition) is 2. The molecule has 152 valence electrons. The molecule has 2 N–H and O–H groups in total. The second-order valence-electron chi connectivity index (χ2n) is 7.21. The first-order valence-electron chi connectivity index (χ1n) is 9.80. The van der Waals surface area contributed by atoms with E-state index in [0.717, 1.165) is 52.6 Å². The second kappa shape index (κ2) is 8.75. The van der Waals surface area contributed by atoms with Gasteiger partial charge >= 0.3 is 0 Å². The molecular formula is C21H25N5O2S. The molecule has 1 aromatic carbocycles. The monoisotopic (exact) mass is 411 g/mol. The minimum absolute atomic E-state index is 0.120. The van der Waals surface area contributed by atoms with Crippen molar-refractivity contribution < 1.29 is 9.53 Å². The summed E-state index contributed by atoms with van der Waals surface area (Å²) >= 11 is 1.53. The number of nitrogens with one attached hydrogen (secondary N) is 2. The van der Waals surface area contributed by atoms with Gasteiger partial charge in [-0.3, -0.25) is 4.79 Å². The number of anilines is 1. The molecule has 3 aromatic rings. The number of rotatable bonds is 7. The fourth-order valence-corrected chi connectivity index (χ4v) is 4.41. The van der Waals surface area contributed by atoms with E-state index in [2.05, 4.69) is 45.3 Å². The van der Waals surface area contributed by atoms with Gasteiger partial charge in [0.25, 0.3) is 5.91 Å². The Bertz CT molecular complexity index is 1000. The van der Waals surface area contributed by atoms with Crippen molar-refractivity contribution >= 4 is 38.8 Å². The summed E-state index contributed by atoms with van der Waals surface area (Å²) in [4.78, 5) is 16.5. The molecule has 0 unspecified atom stereocenters. The van der Waals surface area contributed by atoms with Crippen LogP contribution in [0.15, 0.2) is 35.4 Å². The zero-order chi connectivity index (χ0) is 20.2. The minimum atomic E-state index is -0.214. The molecule has 0 saturated carbocycles. The molecule has 1 saturated heterocycles. The summed E-state index contributed by atoms with van der Waals surface area (Å²) in [5.74, 6) is -0.214. The average molecular weight is 412 g/mol. The number of thiazole rings is 1. The number of benzene rings is 1. The number of hydrogen-bond acceptors (Lipinski definition) is 6. The number of nitrogens with zero attached hydrogens (tertiary/aromatic N) is 3. The SMILES string of the molecule is Cc1cc(/C=N\NC(=O)CNc2nc3ccccc3s2)c(C)n1C[C@H]1CCCO1. The summed E-state index contributed by atoms with van der Waals surface area (Å²) in [6, 6.07) is 9.97. The first-order valence-corrected chi connectivity index (χ1v) is 10.6. The van der Waals surface area contributed by atoms with E-state index in [1.807, 2.05) is 24.3 Å². The fourth-order valence-electron chi connectivity index (χ4n) is 3.55. The maximum Gasteiger partial charge on any atom is 0.259 e. The van der Waals surface area contributed by atoms with Crippen LogP contribution in [0.4, 0.5) is 5.13 Å². The van der Waals surface area contributed by atoms with E-state index in [0.29, 0.717) is 0 Å². The molecule has 1 aliphatic heterocycles. The summed E-state index contributed by atoms with van der Waals surface area (Å²) in [6.07, 6.45) is 4.23. The Kier molecular flexibility index (Phi) is 5.92. The third-order valence-electron chi connectivity index (χ3n) is 5.11. The lowest BCUT2D eigenvalue weighted by Crippen LogP contribution is -2.25. The van der Waals surface area contributed by atoms with Crippen LogP contribution in [0.1, 0.15) is 29.8 Å². The number of fused-ring (bicyclic) bond motifs is 1. The van der Waals surface area contributed by atoms with E-state index < -0.39 is 0 Å². The van der Waals surface area contributed by atoms with Crippen LogP contribution < -0.4 is 10.7 Å². The zero-order valence-corrected chi connectivity index (χ0v) is 17.5. The number of aromatic nitrogens is 2. The highest BCUT2D eigenvalue weighted by atomic mass is 32.1. The van der Waals surface area contributed by atoms with Crippen molar-refractivity contribution in [1.29, 1.82) is 0 Å². The molecule has 4 rings (SSSR count). The highest BCUT2D eigenvalue weighted by Gasteiger charge is 2.18. The molecule has 0 aliphatic carbocycles. The first-order chi connectivity index (χ1) is 14.1. The molecule has 0 bridgehead atoms. The van der Waals surface area contributed by atoms with Crippen LogP contribution in [0.3, 0.4) is 0 Å². The van der Waals surface area contributed by atoms with Crippen LogP contribution in [0.25, 0.3) is 10.2 Å². The van der Waals surface area contributed by atoms with Gasteiger partial charge in [-0.2, -0.15) is 5.10 Å². The van der Waals surface area contributed by atoms with Crippen LogP contribution in [0.5, 0.6) is 0 Å². The number of carbonyl (C=O) groups is 1. The largest absolute Gasteiger partial charge is 0.376 e. The maximum atomic E-state index is 12.1. The van der Waals surface area contributed by atoms with Gasteiger partial charge in [0.1, 0.15) is 0 Å². The first kappa shape index (κ1) is 19.6. The average Bonchev–Trinajstić information content (AvgIpc) is 3.43. The van der Waals surface area contributed by atoms with Crippen molar-refractivity contribution in [3.63, 3.8) is 0 Å². The van der Waals surface area contributed by atoms with Crippen LogP contribution in [0.2, 0.25) is 0 Å². The Hall–Kier alpha value is -2.71. The van der Waals surface area contributed by atoms with Gasteiger partial charge in [-0.25, -0.2) is 10.4 Å². The number of hydrazone groups is 1. The van der Waals surface area contributed by atoms with E-state index in [1.165, 1.54) is 17.0 Å². The van der Waals surface area contributed by atoms with Crippen molar-refractivity contribution in [1.82, 2.24) is 15.0 Å². The molecule has 29 heavy (non-hydrogen) atoms. The predicted octanol–water partition coefficient (Wildman–Crippen LogP) is 3.46. The number of aryl methyl sites for hydroxylation is 1. The lowest BCUT2D eigenvalue weighted by molar-refractivity contribution is -0.119. The van der Waals surface area contributed by atoms with E-state index in [-0.39, 0.29) is 18.6 Å². The third kappa shape index (κ3) is 4.65. The fraction of sp³-hybridized carbons (Fsp3) is 0.381. The van der Waals surface area contributed by atoms with Gasteiger partial charge in [0.2, 0.25) is 0 Å². The van der Waals surface area contributed by atoms with E-state index in [1.54, 1.807) is 6.21 Å². The second-order valence-corrected chi connectivity index (χ2v) is 8.24.